The van der Waals surface area contributed by atoms with Crippen molar-refractivity contribution in [3.05, 3.63) is 0 Å². The van der Waals surface area contributed by atoms with E-state index in [0.717, 1.165) is 13.8 Å². The van der Waals surface area contributed by atoms with Gasteiger partial charge in [0.1, 0.15) is 42.7 Å². The second-order valence-electron chi connectivity index (χ2n) is 11.1. The smallest absolute Gasteiger partial charge is 0.364 e. The SMILES string of the molecule is CC(=O)N[C@H]1[C@H](O[C@@H]2CC(O)(C(=O)O)O[C@H]([C@H](NC=O)[C@H](C)O)[C@@H]2NC(C)=O)O[C@H](C)[C@H](O)[C@@H]1O[C@@H]1OC[C@@H](O)[C@H](O)[C@H]1O. The van der Waals surface area contributed by atoms with Crippen LogP contribution in [-0.2, 0) is 42.9 Å². The molecule has 3 rings (SSSR count). The first kappa shape index (κ1) is 35.9. The molecule has 0 bridgehead atoms. The number of aliphatic hydroxyl groups excluding tert-OH is 5. The zero-order valence-corrected chi connectivity index (χ0v) is 24.4. The molecule has 0 spiro atoms. The monoisotopic (exact) mass is 639 g/mol. The number of hydrogen-bond donors (Lipinski definition) is 10. The highest BCUT2D eigenvalue weighted by Crippen LogP contribution is 2.35. The molecule has 1 unspecified atom stereocenters. The molecule has 19 nitrogen and oxygen atoms in total. The van der Waals surface area contributed by atoms with Gasteiger partial charge < -0.3 is 75.4 Å². The number of aliphatic hydroxyl groups is 6. The van der Waals surface area contributed by atoms with Crippen molar-refractivity contribution in [2.24, 2.45) is 0 Å². The average Bonchev–Trinajstić information content (AvgIpc) is 2.92. The van der Waals surface area contributed by atoms with E-state index < -0.39 is 122 Å². The van der Waals surface area contributed by atoms with Crippen LogP contribution in [0.4, 0.5) is 0 Å². The van der Waals surface area contributed by atoms with Crippen LogP contribution in [0, 0.1) is 0 Å². The number of amides is 3. The molecular weight excluding hydrogens is 598 g/mol. The maximum Gasteiger partial charge on any atom is 0.364 e. The first-order valence-electron chi connectivity index (χ1n) is 13.9. The van der Waals surface area contributed by atoms with E-state index in [-0.39, 0.29) is 6.41 Å². The highest BCUT2D eigenvalue weighted by Gasteiger charge is 2.57. The third kappa shape index (κ3) is 7.98. The second kappa shape index (κ2) is 14.7. The molecule has 0 aromatic heterocycles. The zero-order chi connectivity index (χ0) is 33.1. The third-order valence-electron chi connectivity index (χ3n) is 7.64. The summed E-state index contributed by atoms with van der Waals surface area (Å²) in [5.41, 5.74) is 0. The van der Waals surface area contributed by atoms with Gasteiger partial charge in [0.2, 0.25) is 18.2 Å². The summed E-state index contributed by atoms with van der Waals surface area (Å²) < 4.78 is 28.4. The summed E-state index contributed by atoms with van der Waals surface area (Å²) in [6, 6.07) is -4.14. The Morgan fingerprint density at radius 1 is 0.977 bits per heavy atom. The van der Waals surface area contributed by atoms with Crippen molar-refractivity contribution in [3.8, 4) is 0 Å². The maximum atomic E-state index is 12.2. The molecule has 44 heavy (non-hydrogen) atoms. The first-order chi connectivity index (χ1) is 20.5. The Hall–Kier alpha value is -2.56. The molecule has 10 N–H and O–H groups in total. The topological polar surface area (TPSA) is 292 Å². The molecular formula is C25H41N3O16. The van der Waals surface area contributed by atoms with Gasteiger partial charge in [-0.2, -0.15) is 0 Å². The Bertz CT molecular complexity index is 1040. The van der Waals surface area contributed by atoms with Gasteiger partial charge in [0.05, 0.1) is 37.0 Å². The standard InChI is InChI=1S/C25H41N3O16/c1-8(30)14(26-7-29)20-15(27-10(3)31)13(5-25(39,44-20)24(37)38)42-22-16(28-11(4)32)21(17(34)9(2)41-22)43-23-19(36)18(35)12(33)6-40-23/h7-9,12-23,30,33-36,39H,5-6H2,1-4H3,(H,26,29)(H,27,31)(H,28,32)(H,37,38)/t8-,9+,12+,13+,14+,15+,16+,17-,18-,19+,20+,21+,22-,23-,25?/m0/s1. The molecule has 0 radical (unpaired) electrons. The molecule has 19 heteroatoms. The van der Waals surface area contributed by atoms with Crippen molar-refractivity contribution < 1.29 is 78.6 Å². The largest absolute Gasteiger partial charge is 0.477 e. The molecule has 3 aliphatic heterocycles. The minimum atomic E-state index is -2.96. The predicted octanol–water partition coefficient (Wildman–Crippen LogP) is -5.63. The molecule has 252 valence electrons. The Balaban J connectivity index is 2.01. The minimum absolute atomic E-state index is 0.204. The fraction of sp³-hybridized carbons (Fsp3) is 0.840. The van der Waals surface area contributed by atoms with Gasteiger partial charge in [-0.1, -0.05) is 0 Å². The minimum Gasteiger partial charge on any atom is -0.477 e. The summed E-state index contributed by atoms with van der Waals surface area (Å²) in [5.74, 6) is -6.15. The van der Waals surface area contributed by atoms with Crippen LogP contribution < -0.4 is 16.0 Å². The Morgan fingerprint density at radius 2 is 1.59 bits per heavy atom. The summed E-state index contributed by atoms with van der Waals surface area (Å²) in [7, 11) is 0. The van der Waals surface area contributed by atoms with Crippen LogP contribution in [-0.4, -0.2) is 158 Å². The molecule has 0 aromatic rings. The number of hydrogen-bond acceptors (Lipinski definition) is 15. The van der Waals surface area contributed by atoms with E-state index in [1.165, 1.54) is 13.8 Å². The number of nitrogens with one attached hydrogen (secondary N) is 3. The normalized spacial score (nSPS) is 42.4. The lowest BCUT2D eigenvalue weighted by molar-refractivity contribution is -0.343. The van der Waals surface area contributed by atoms with Crippen LogP contribution in [0.25, 0.3) is 0 Å². The van der Waals surface area contributed by atoms with E-state index in [2.05, 4.69) is 16.0 Å². The van der Waals surface area contributed by atoms with Gasteiger partial charge in [-0.25, -0.2) is 4.79 Å². The van der Waals surface area contributed by atoms with Gasteiger partial charge in [-0.3, -0.25) is 14.4 Å². The number of carbonyl (C=O) groups excluding carboxylic acids is 3. The highest BCUT2D eigenvalue weighted by atomic mass is 16.7. The summed E-state index contributed by atoms with van der Waals surface area (Å²) in [4.78, 5) is 47.9. The van der Waals surface area contributed by atoms with Crippen LogP contribution in [0.3, 0.4) is 0 Å². The van der Waals surface area contributed by atoms with Crippen molar-refractivity contribution in [2.75, 3.05) is 6.61 Å². The summed E-state index contributed by atoms with van der Waals surface area (Å²) in [5, 5.41) is 79.6. The van der Waals surface area contributed by atoms with Gasteiger partial charge in [-0.15, -0.1) is 0 Å². The van der Waals surface area contributed by atoms with Gasteiger partial charge in [0.25, 0.3) is 5.79 Å². The van der Waals surface area contributed by atoms with E-state index in [0.29, 0.717) is 0 Å². The molecule has 0 saturated carbocycles. The van der Waals surface area contributed by atoms with Crippen LogP contribution in [0.5, 0.6) is 0 Å². The summed E-state index contributed by atoms with van der Waals surface area (Å²) >= 11 is 0. The van der Waals surface area contributed by atoms with Crippen LogP contribution in [0.2, 0.25) is 0 Å². The summed E-state index contributed by atoms with van der Waals surface area (Å²) in [6.45, 7) is 4.46. The lowest BCUT2D eigenvalue weighted by Crippen LogP contribution is -2.71. The van der Waals surface area contributed by atoms with E-state index in [1.807, 2.05) is 0 Å². The fourth-order valence-corrected chi connectivity index (χ4v) is 5.43. The number of carboxylic acid groups (broad SMARTS) is 1. The van der Waals surface area contributed by atoms with E-state index in [1.54, 1.807) is 0 Å². The van der Waals surface area contributed by atoms with Crippen LogP contribution >= 0.6 is 0 Å². The number of carboxylic acids is 1. The molecule has 0 aromatic carbocycles. The quantitative estimate of drug-likeness (QED) is 0.0943. The second-order valence-corrected chi connectivity index (χ2v) is 11.1. The fourth-order valence-electron chi connectivity index (χ4n) is 5.43. The number of aliphatic carboxylic acids is 1. The van der Waals surface area contributed by atoms with Gasteiger partial charge in [0, 0.05) is 20.3 Å². The molecule has 3 saturated heterocycles. The van der Waals surface area contributed by atoms with Gasteiger partial charge >= 0.3 is 5.97 Å². The van der Waals surface area contributed by atoms with Crippen molar-refractivity contribution in [2.45, 2.75) is 126 Å². The predicted molar refractivity (Wildman–Crippen MR) is 140 cm³/mol. The van der Waals surface area contributed by atoms with Crippen molar-refractivity contribution in [1.82, 2.24) is 16.0 Å². The third-order valence-corrected chi connectivity index (χ3v) is 7.64. The number of ether oxygens (including phenoxy) is 5. The zero-order valence-electron chi connectivity index (χ0n) is 24.4. The molecule has 3 fully saturated rings. The first-order valence-corrected chi connectivity index (χ1v) is 13.9. The lowest BCUT2D eigenvalue weighted by atomic mass is 9.87. The Morgan fingerprint density at radius 3 is 2.14 bits per heavy atom. The van der Waals surface area contributed by atoms with E-state index in [4.69, 9.17) is 23.7 Å². The molecule has 3 heterocycles. The lowest BCUT2D eigenvalue weighted by Gasteiger charge is -2.50. The Labute approximate surface area is 251 Å². The molecule has 0 aliphatic carbocycles. The van der Waals surface area contributed by atoms with E-state index >= 15 is 0 Å². The van der Waals surface area contributed by atoms with E-state index in [9.17, 15) is 54.9 Å². The summed E-state index contributed by atoms with van der Waals surface area (Å²) in [6.07, 6.45) is -17.3. The molecule has 3 aliphatic rings. The van der Waals surface area contributed by atoms with Crippen molar-refractivity contribution in [3.63, 3.8) is 0 Å². The van der Waals surface area contributed by atoms with Gasteiger partial charge in [-0.05, 0) is 13.8 Å². The number of carbonyl (C=O) groups is 4. The maximum absolute atomic E-state index is 12.2. The van der Waals surface area contributed by atoms with Crippen molar-refractivity contribution in [1.29, 1.82) is 0 Å². The van der Waals surface area contributed by atoms with Crippen molar-refractivity contribution >= 4 is 24.2 Å². The molecule has 15 atom stereocenters. The number of rotatable bonds is 11. The molecule has 3 amide bonds. The van der Waals surface area contributed by atoms with Gasteiger partial charge in [0.15, 0.2) is 12.6 Å². The average molecular weight is 640 g/mol. The van der Waals surface area contributed by atoms with Crippen LogP contribution in [0.15, 0.2) is 0 Å². The Kier molecular flexibility index (Phi) is 12.0. The highest BCUT2D eigenvalue weighted by molar-refractivity contribution is 5.76. The van der Waals surface area contributed by atoms with Crippen LogP contribution in [0.1, 0.15) is 34.1 Å².